The van der Waals surface area contributed by atoms with E-state index in [2.05, 4.69) is 19.9 Å². The number of hydrogen-bond donors (Lipinski definition) is 0. The molecule has 0 unspecified atom stereocenters. The summed E-state index contributed by atoms with van der Waals surface area (Å²) in [6.07, 6.45) is 8.47. The molecule has 2 aromatic rings. The Morgan fingerprint density at radius 3 is 2.77 bits per heavy atom. The number of anilines is 1. The maximum atomic E-state index is 11.7. The van der Waals surface area contributed by atoms with Gasteiger partial charge in [-0.1, -0.05) is 0 Å². The van der Waals surface area contributed by atoms with Gasteiger partial charge in [0.2, 0.25) is 5.88 Å². The number of nitrogens with zero attached hydrogens (tertiary/aromatic N) is 5. The standard InChI is InChI=1S/C15H19N5O2/c1-19-11-18-13(8-15(19)21)20-6-2-12(3-7-20)10-22-14-9-16-4-5-17-14/h4-5,8-9,11-12H,2-3,6-7,10H2,1H3. The minimum atomic E-state index is -0.0295. The molecule has 1 aliphatic rings. The van der Waals surface area contributed by atoms with Gasteiger partial charge in [-0.15, -0.1) is 0 Å². The number of ether oxygens (including phenoxy) is 1. The zero-order valence-corrected chi connectivity index (χ0v) is 12.6. The molecule has 0 aliphatic carbocycles. The van der Waals surface area contributed by atoms with Crippen LogP contribution in [0.1, 0.15) is 12.8 Å². The lowest BCUT2D eigenvalue weighted by Crippen LogP contribution is -2.37. The van der Waals surface area contributed by atoms with Crippen LogP contribution in [-0.4, -0.2) is 39.2 Å². The fraction of sp³-hybridized carbons (Fsp3) is 0.467. The van der Waals surface area contributed by atoms with Gasteiger partial charge in [-0.05, 0) is 18.8 Å². The van der Waals surface area contributed by atoms with E-state index >= 15 is 0 Å². The van der Waals surface area contributed by atoms with Gasteiger partial charge in [0.05, 0.1) is 19.1 Å². The molecule has 2 aromatic heterocycles. The minimum absolute atomic E-state index is 0.0295. The van der Waals surface area contributed by atoms with Crippen LogP contribution >= 0.6 is 0 Å². The van der Waals surface area contributed by atoms with Crippen LogP contribution in [0.3, 0.4) is 0 Å². The van der Waals surface area contributed by atoms with Gasteiger partial charge in [0.1, 0.15) is 5.82 Å². The Hall–Kier alpha value is -2.44. The van der Waals surface area contributed by atoms with Crippen molar-refractivity contribution in [1.82, 2.24) is 19.5 Å². The fourth-order valence-electron chi connectivity index (χ4n) is 2.52. The Morgan fingerprint density at radius 1 is 1.27 bits per heavy atom. The highest BCUT2D eigenvalue weighted by molar-refractivity contribution is 5.37. The zero-order valence-electron chi connectivity index (χ0n) is 12.6. The second-order valence-electron chi connectivity index (χ2n) is 5.48. The molecular weight excluding hydrogens is 282 g/mol. The van der Waals surface area contributed by atoms with Crippen molar-refractivity contribution in [2.75, 3.05) is 24.6 Å². The summed E-state index contributed by atoms with van der Waals surface area (Å²) in [7, 11) is 1.70. The molecule has 0 bridgehead atoms. The topological polar surface area (TPSA) is 73.1 Å². The summed E-state index contributed by atoms with van der Waals surface area (Å²) in [5.41, 5.74) is -0.0295. The Balaban J connectivity index is 1.52. The third-order valence-electron chi connectivity index (χ3n) is 3.91. The Morgan fingerprint density at radius 2 is 2.09 bits per heavy atom. The van der Waals surface area contributed by atoms with Crippen molar-refractivity contribution in [1.29, 1.82) is 0 Å². The molecule has 116 valence electrons. The zero-order chi connectivity index (χ0) is 15.4. The van der Waals surface area contributed by atoms with Crippen LogP contribution in [0.15, 0.2) is 35.8 Å². The second kappa shape index (κ2) is 6.55. The predicted octanol–water partition coefficient (Wildman–Crippen LogP) is 0.866. The highest BCUT2D eigenvalue weighted by Gasteiger charge is 2.21. The smallest absolute Gasteiger partial charge is 0.255 e. The molecule has 3 heterocycles. The Kier molecular flexibility index (Phi) is 4.32. The van der Waals surface area contributed by atoms with Crippen LogP contribution in [0.4, 0.5) is 5.82 Å². The van der Waals surface area contributed by atoms with Crippen molar-refractivity contribution in [2.24, 2.45) is 13.0 Å². The van der Waals surface area contributed by atoms with Gasteiger partial charge in [0.25, 0.3) is 5.56 Å². The molecule has 7 heteroatoms. The number of rotatable bonds is 4. The molecule has 22 heavy (non-hydrogen) atoms. The molecule has 0 atom stereocenters. The number of aryl methyl sites for hydroxylation is 1. The normalized spacial score (nSPS) is 15.8. The molecule has 1 fully saturated rings. The van der Waals surface area contributed by atoms with Crippen LogP contribution in [0.25, 0.3) is 0 Å². The molecule has 0 N–H and O–H groups in total. The molecule has 0 saturated carbocycles. The van der Waals surface area contributed by atoms with E-state index in [4.69, 9.17) is 4.74 Å². The lowest BCUT2D eigenvalue weighted by molar-refractivity contribution is 0.215. The minimum Gasteiger partial charge on any atom is -0.476 e. The highest BCUT2D eigenvalue weighted by atomic mass is 16.5. The molecule has 7 nitrogen and oxygen atoms in total. The predicted molar refractivity (Wildman–Crippen MR) is 81.9 cm³/mol. The van der Waals surface area contributed by atoms with E-state index in [1.807, 2.05) is 0 Å². The van der Waals surface area contributed by atoms with E-state index in [0.717, 1.165) is 31.7 Å². The summed E-state index contributed by atoms with van der Waals surface area (Å²) in [6.45, 7) is 2.42. The SMILES string of the molecule is Cn1cnc(N2CCC(COc3cnccn3)CC2)cc1=O. The van der Waals surface area contributed by atoms with E-state index < -0.39 is 0 Å². The van der Waals surface area contributed by atoms with E-state index in [9.17, 15) is 4.79 Å². The van der Waals surface area contributed by atoms with Crippen molar-refractivity contribution in [3.8, 4) is 5.88 Å². The third kappa shape index (κ3) is 3.41. The molecule has 0 radical (unpaired) electrons. The van der Waals surface area contributed by atoms with Crippen molar-refractivity contribution in [3.63, 3.8) is 0 Å². The summed E-state index contributed by atoms with van der Waals surface area (Å²) >= 11 is 0. The molecule has 0 amide bonds. The lowest BCUT2D eigenvalue weighted by Gasteiger charge is -2.32. The van der Waals surface area contributed by atoms with E-state index in [-0.39, 0.29) is 5.56 Å². The fourth-order valence-corrected chi connectivity index (χ4v) is 2.52. The van der Waals surface area contributed by atoms with Gasteiger partial charge in [-0.25, -0.2) is 9.97 Å². The summed E-state index contributed by atoms with van der Waals surface area (Å²) in [4.78, 5) is 26.2. The number of hydrogen-bond acceptors (Lipinski definition) is 6. The maximum Gasteiger partial charge on any atom is 0.255 e. The first kappa shape index (κ1) is 14.5. The first-order chi connectivity index (χ1) is 10.7. The summed E-state index contributed by atoms with van der Waals surface area (Å²) in [5.74, 6) is 1.82. The van der Waals surface area contributed by atoms with Crippen LogP contribution in [-0.2, 0) is 7.05 Å². The van der Waals surface area contributed by atoms with Crippen molar-refractivity contribution in [2.45, 2.75) is 12.8 Å². The maximum absolute atomic E-state index is 11.7. The van der Waals surface area contributed by atoms with Crippen LogP contribution in [0.5, 0.6) is 5.88 Å². The lowest BCUT2D eigenvalue weighted by atomic mass is 9.98. The average Bonchev–Trinajstić information content (AvgIpc) is 2.57. The van der Waals surface area contributed by atoms with Gasteiger partial charge in [0.15, 0.2) is 0 Å². The average molecular weight is 301 g/mol. The summed E-state index contributed by atoms with van der Waals surface area (Å²) < 4.78 is 7.14. The monoisotopic (exact) mass is 301 g/mol. The first-order valence-electron chi connectivity index (χ1n) is 7.39. The molecule has 0 aromatic carbocycles. The second-order valence-corrected chi connectivity index (χ2v) is 5.48. The van der Waals surface area contributed by atoms with Crippen LogP contribution in [0.2, 0.25) is 0 Å². The third-order valence-corrected chi connectivity index (χ3v) is 3.91. The molecule has 1 saturated heterocycles. The van der Waals surface area contributed by atoms with Gasteiger partial charge < -0.3 is 14.2 Å². The van der Waals surface area contributed by atoms with Crippen molar-refractivity contribution in [3.05, 3.63) is 41.3 Å². The van der Waals surface area contributed by atoms with Gasteiger partial charge in [0, 0.05) is 38.6 Å². The molecular formula is C15H19N5O2. The van der Waals surface area contributed by atoms with E-state index in [1.165, 1.54) is 4.57 Å². The Labute approximate surface area is 128 Å². The van der Waals surface area contributed by atoms with E-state index in [0.29, 0.717) is 18.4 Å². The van der Waals surface area contributed by atoms with Crippen molar-refractivity contribution >= 4 is 5.82 Å². The summed E-state index contributed by atoms with van der Waals surface area (Å²) in [5, 5.41) is 0. The molecule has 0 spiro atoms. The first-order valence-corrected chi connectivity index (χ1v) is 7.39. The number of piperidine rings is 1. The van der Waals surface area contributed by atoms with Crippen LogP contribution in [0, 0.1) is 5.92 Å². The Bertz CT molecular complexity index is 665. The molecule has 3 rings (SSSR count). The highest BCUT2D eigenvalue weighted by Crippen LogP contribution is 2.21. The summed E-state index contributed by atoms with van der Waals surface area (Å²) in [6, 6.07) is 1.59. The van der Waals surface area contributed by atoms with Gasteiger partial charge in [-0.2, -0.15) is 0 Å². The van der Waals surface area contributed by atoms with Gasteiger partial charge in [-0.3, -0.25) is 9.78 Å². The van der Waals surface area contributed by atoms with Gasteiger partial charge >= 0.3 is 0 Å². The van der Waals surface area contributed by atoms with Crippen molar-refractivity contribution < 1.29 is 4.74 Å². The number of aromatic nitrogens is 4. The quantitative estimate of drug-likeness (QED) is 0.834. The largest absolute Gasteiger partial charge is 0.476 e. The van der Waals surface area contributed by atoms with E-state index in [1.54, 1.807) is 38.0 Å². The molecule has 1 aliphatic heterocycles. The van der Waals surface area contributed by atoms with Crippen LogP contribution < -0.4 is 15.2 Å².